The molecule has 98 valence electrons. The molecule has 0 unspecified atom stereocenters. The first-order valence-electron chi connectivity index (χ1n) is 5.56. The van der Waals surface area contributed by atoms with Gasteiger partial charge in [0.2, 0.25) is 5.69 Å². The van der Waals surface area contributed by atoms with Crippen LogP contribution in [0, 0.1) is 24.0 Å². The smallest absolute Gasteiger partial charge is 0.320 e. The number of nitrogens with zero attached hydrogens (tertiary/aromatic N) is 2. The molecule has 7 nitrogen and oxygen atoms in total. The van der Waals surface area contributed by atoms with Gasteiger partial charge in [-0.3, -0.25) is 20.0 Å². The molecule has 0 aliphatic rings. The highest BCUT2D eigenvalue weighted by Gasteiger charge is 2.26. The van der Waals surface area contributed by atoms with Gasteiger partial charge < -0.3 is 5.32 Å². The lowest BCUT2D eigenvalue weighted by Crippen LogP contribution is -2.14. The number of amides is 1. The maximum atomic E-state index is 11.9. The van der Waals surface area contributed by atoms with E-state index in [1.54, 1.807) is 12.1 Å². The molecule has 0 spiro atoms. The summed E-state index contributed by atoms with van der Waals surface area (Å²) in [5.41, 5.74) is 1.34. The van der Waals surface area contributed by atoms with Crippen LogP contribution in [-0.4, -0.2) is 21.0 Å². The third kappa shape index (κ3) is 2.59. The summed E-state index contributed by atoms with van der Waals surface area (Å²) in [6.07, 6.45) is 0. The third-order valence-electron chi connectivity index (χ3n) is 2.62. The SMILES string of the molecule is Cc1ccc(NC(=O)c2n[nH]c(C)c2[N+](=O)[O-])cc1. The summed E-state index contributed by atoms with van der Waals surface area (Å²) >= 11 is 0. The zero-order valence-electron chi connectivity index (χ0n) is 10.4. The van der Waals surface area contributed by atoms with Crippen molar-refractivity contribution in [3.05, 3.63) is 51.3 Å². The Kier molecular flexibility index (Phi) is 3.28. The van der Waals surface area contributed by atoms with Crippen LogP contribution in [0.4, 0.5) is 11.4 Å². The largest absolute Gasteiger partial charge is 0.322 e. The predicted octanol–water partition coefficient (Wildman–Crippen LogP) is 2.19. The minimum absolute atomic E-state index is 0.219. The Hall–Kier alpha value is -2.70. The Balaban J connectivity index is 2.25. The molecular formula is C12H12N4O3. The molecule has 0 radical (unpaired) electrons. The highest BCUT2D eigenvalue weighted by atomic mass is 16.6. The lowest BCUT2D eigenvalue weighted by Gasteiger charge is -2.03. The molecule has 1 aromatic carbocycles. The van der Waals surface area contributed by atoms with Crippen LogP contribution in [0.1, 0.15) is 21.7 Å². The van der Waals surface area contributed by atoms with Gasteiger partial charge in [0.1, 0.15) is 5.69 Å². The standard InChI is InChI=1S/C12H12N4O3/c1-7-3-5-9(6-4-7)13-12(17)10-11(16(18)19)8(2)14-15-10/h3-6H,1-2H3,(H,13,17)(H,14,15). The van der Waals surface area contributed by atoms with Gasteiger partial charge in [-0.2, -0.15) is 5.10 Å². The van der Waals surface area contributed by atoms with E-state index in [9.17, 15) is 14.9 Å². The van der Waals surface area contributed by atoms with Crippen molar-refractivity contribution < 1.29 is 9.72 Å². The Labute approximate surface area is 108 Å². The van der Waals surface area contributed by atoms with Gasteiger partial charge in [0.25, 0.3) is 5.91 Å². The maximum Gasteiger partial charge on any atom is 0.322 e. The van der Waals surface area contributed by atoms with Crippen molar-refractivity contribution in [2.75, 3.05) is 5.32 Å². The zero-order chi connectivity index (χ0) is 14.0. The van der Waals surface area contributed by atoms with Crippen LogP contribution in [0.15, 0.2) is 24.3 Å². The summed E-state index contributed by atoms with van der Waals surface area (Å²) in [7, 11) is 0. The minimum Gasteiger partial charge on any atom is -0.320 e. The minimum atomic E-state index is -0.622. The molecular weight excluding hydrogens is 248 g/mol. The number of benzene rings is 1. The van der Waals surface area contributed by atoms with E-state index in [1.165, 1.54) is 6.92 Å². The fourth-order valence-corrected chi connectivity index (χ4v) is 1.63. The average molecular weight is 260 g/mol. The summed E-state index contributed by atoms with van der Waals surface area (Å²) in [5.74, 6) is -0.611. The second-order valence-corrected chi connectivity index (χ2v) is 4.12. The first kappa shape index (κ1) is 12.7. The Morgan fingerprint density at radius 3 is 2.53 bits per heavy atom. The quantitative estimate of drug-likeness (QED) is 0.652. The monoisotopic (exact) mass is 260 g/mol. The molecule has 2 N–H and O–H groups in total. The van der Waals surface area contributed by atoms with Crippen LogP contribution in [0.2, 0.25) is 0 Å². The molecule has 0 fully saturated rings. The molecule has 2 aromatic rings. The molecule has 0 aliphatic heterocycles. The first-order chi connectivity index (χ1) is 8.99. The number of aryl methyl sites for hydroxylation is 2. The molecule has 1 heterocycles. The van der Waals surface area contributed by atoms with Crippen molar-refractivity contribution >= 4 is 17.3 Å². The summed E-state index contributed by atoms with van der Waals surface area (Å²) in [6, 6.07) is 7.11. The van der Waals surface area contributed by atoms with E-state index in [4.69, 9.17) is 0 Å². The highest BCUT2D eigenvalue weighted by Crippen LogP contribution is 2.21. The van der Waals surface area contributed by atoms with E-state index in [0.717, 1.165) is 5.56 Å². The van der Waals surface area contributed by atoms with Crippen molar-refractivity contribution in [3.8, 4) is 0 Å². The fourth-order valence-electron chi connectivity index (χ4n) is 1.63. The normalized spacial score (nSPS) is 10.2. The number of nitrogens with one attached hydrogen (secondary N) is 2. The number of rotatable bonds is 3. The zero-order valence-corrected chi connectivity index (χ0v) is 10.4. The van der Waals surface area contributed by atoms with Gasteiger partial charge in [0.15, 0.2) is 0 Å². The van der Waals surface area contributed by atoms with Gasteiger partial charge in [0, 0.05) is 5.69 Å². The lowest BCUT2D eigenvalue weighted by molar-refractivity contribution is -0.385. The number of anilines is 1. The van der Waals surface area contributed by atoms with Gasteiger partial charge in [-0.25, -0.2) is 0 Å². The van der Waals surface area contributed by atoms with E-state index in [-0.39, 0.29) is 17.1 Å². The van der Waals surface area contributed by atoms with Crippen molar-refractivity contribution in [1.29, 1.82) is 0 Å². The number of hydrogen-bond acceptors (Lipinski definition) is 4. The van der Waals surface area contributed by atoms with Crippen LogP contribution in [0.5, 0.6) is 0 Å². The Morgan fingerprint density at radius 2 is 1.95 bits per heavy atom. The molecule has 1 amide bonds. The topological polar surface area (TPSA) is 101 Å². The average Bonchev–Trinajstić information content (AvgIpc) is 2.74. The van der Waals surface area contributed by atoms with Crippen LogP contribution in [-0.2, 0) is 0 Å². The number of aromatic nitrogens is 2. The number of nitro groups is 1. The second-order valence-electron chi connectivity index (χ2n) is 4.12. The number of carbonyl (C=O) groups excluding carboxylic acids is 1. The van der Waals surface area contributed by atoms with Crippen LogP contribution < -0.4 is 5.32 Å². The molecule has 19 heavy (non-hydrogen) atoms. The summed E-state index contributed by atoms with van der Waals surface area (Å²) < 4.78 is 0. The number of hydrogen-bond donors (Lipinski definition) is 2. The van der Waals surface area contributed by atoms with Gasteiger partial charge in [-0.15, -0.1) is 0 Å². The van der Waals surface area contributed by atoms with Crippen LogP contribution in [0.3, 0.4) is 0 Å². The van der Waals surface area contributed by atoms with E-state index in [2.05, 4.69) is 15.5 Å². The number of H-pyrrole nitrogens is 1. The molecule has 7 heteroatoms. The molecule has 1 aromatic heterocycles. The van der Waals surface area contributed by atoms with E-state index >= 15 is 0 Å². The van der Waals surface area contributed by atoms with Crippen molar-refractivity contribution in [2.45, 2.75) is 13.8 Å². The first-order valence-corrected chi connectivity index (χ1v) is 5.56. The van der Waals surface area contributed by atoms with Crippen molar-refractivity contribution in [1.82, 2.24) is 10.2 Å². The predicted molar refractivity (Wildman–Crippen MR) is 69.1 cm³/mol. The third-order valence-corrected chi connectivity index (χ3v) is 2.62. The molecule has 0 atom stereocenters. The van der Waals surface area contributed by atoms with Crippen molar-refractivity contribution in [3.63, 3.8) is 0 Å². The van der Waals surface area contributed by atoms with Gasteiger partial charge >= 0.3 is 5.69 Å². The van der Waals surface area contributed by atoms with E-state index in [1.807, 2.05) is 19.1 Å². The highest BCUT2D eigenvalue weighted by molar-refractivity contribution is 6.05. The summed E-state index contributed by atoms with van der Waals surface area (Å²) in [6.45, 7) is 3.42. The van der Waals surface area contributed by atoms with Gasteiger partial charge in [0.05, 0.1) is 4.92 Å². The molecule has 0 saturated heterocycles. The number of aromatic amines is 1. The second kappa shape index (κ2) is 4.89. The lowest BCUT2D eigenvalue weighted by atomic mass is 10.2. The Bertz CT molecular complexity index is 631. The fraction of sp³-hybridized carbons (Fsp3) is 0.167. The Morgan fingerprint density at radius 1 is 1.32 bits per heavy atom. The van der Waals surface area contributed by atoms with Crippen molar-refractivity contribution in [2.24, 2.45) is 0 Å². The molecule has 0 saturated carbocycles. The van der Waals surface area contributed by atoms with Crippen LogP contribution >= 0.6 is 0 Å². The summed E-state index contributed by atoms with van der Waals surface area (Å²) in [5, 5.41) is 19.6. The molecule has 0 bridgehead atoms. The maximum absolute atomic E-state index is 11.9. The van der Waals surface area contributed by atoms with Crippen LogP contribution in [0.25, 0.3) is 0 Å². The van der Waals surface area contributed by atoms with Gasteiger partial charge in [-0.05, 0) is 26.0 Å². The molecule has 2 rings (SSSR count). The summed E-state index contributed by atoms with van der Waals surface area (Å²) in [4.78, 5) is 22.2. The number of carbonyl (C=O) groups is 1. The molecule has 0 aliphatic carbocycles. The van der Waals surface area contributed by atoms with E-state index < -0.39 is 10.8 Å². The van der Waals surface area contributed by atoms with Gasteiger partial charge in [-0.1, -0.05) is 17.7 Å². The van der Waals surface area contributed by atoms with E-state index in [0.29, 0.717) is 5.69 Å².